The van der Waals surface area contributed by atoms with Crippen molar-refractivity contribution in [3.8, 4) is 0 Å². The number of esters is 2. The third-order valence-corrected chi connectivity index (χ3v) is 4.26. The van der Waals surface area contributed by atoms with Crippen molar-refractivity contribution in [2.45, 2.75) is 19.4 Å². The molecule has 0 saturated carbocycles. The van der Waals surface area contributed by atoms with Crippen LogP contribution in [-0.4, -0.2) is 45.2 Å². The molecule has 0 aliphatic carbocycles. The van der Waals surface area contributed by atoms with E-state index in [2.05, 4.69) is 15.4 Å². The topological polar surface area (TPSA) is 115 Å². The van der Waals surface area contributed by atoms with Crippen molar-refractivity contribution >= 4 is 29.3 Å². The first kappa shape index (κ1) is 16.8. The van der Waals surface area contributed by atoms with E-state index in [0.717, 1.165) is 5.56 Å². The van der Waals surface area contributed by atoms with Crippen LogP contribution in [0.25, 0.3) is 5.65 Å². The van der Waals surface area contributed by atoms with Crippen LogP contribution in [0.3, 0.4) is 0 Å². The first-order valence-corrected chi connectivity index (χ1v) is 8.40. The van der Waals surface area contributed by atoms with Crippen LogP contribution in [0.15, 0.2) is 36.7 Å². The summed E-state index contributed by atoms with van der Waals surface area (Å²) >= 11 is 0. The number of cyclic esters (lactones) is 1. The number of amides is 1. The molecule has 1 aliphatic heterocycles. The van der Waals surface area contributed by atoms with Gasteiger partial charge >= 0.3 is 11.9 Å². The summed E-state index contributed by atoms with van der Waals surface area (Å²) in [6.07, 6.45) is 2.36. The Bertz CT molecular complexity index is 1050. The molecular weight excluding hydrogens is 352 g/mol. The molecular formula is C18H16N4O5. The van der Waals surface area contributed by atoms with Gasteiger partial charge in [0.25, 0.3) is 5.91 Å². The van der Waals surface area contributed by atoms with Crippen molar-refractivity contribution < 1.29 is 23.9 Å². The normalized spacial score (nSPS) is 15.9. The highest BCUT2D eigenvalue weighted by Gasteiger charge is 2.32. The highest BCUT2D eigenvalue weighted by molar-refractivity contribution is 6.06. The SMILES string of the molecule is CCOC(=O)c1c(NC(=O)[C@H]2Cc3ccccc3C(=O)O2)[nH]n2ccnc12. The average Bonchev–Trinajstić information content (AvgIpc) is 3.22. The fourth-order valence-electron chi connectivity index (χ4n) is 3.04. The molecule has 9 nitrogen and oxygen atoms in total. The Balaban J connectivity index is 1.60. The van der Waals surface area contributed by atoms with Gasteiger partial charge in [-0.25, -0.2) is 19.1 Å². The number of rotatable bonds is 4. The minimum absolute atomic E-state index is 0.109. The molecule has 1 amide bonds. The van der Waals surface area contributed by atoms with Crippen LogP contribution in [0.2, 0.25) is 0 Å². The predicted molar refractivity (Wildman–Crippen MR) is 93.5 cm³/mol. The highest BCUT2D eigenvalue weighted by Crippen LogP contribution is 2.24. The molecule has 3 aromatic rings. The van der Waals surface area contributed by atoms with Crippen LogP contribution in [0.5, 0.6) is 0 Å². The summed E-state index contributed by atoms with van der Waals surface area (Å²) in [5, 5.41) is 5.48. The number of imidazole rings is 1. The number of anilines is 1. The van der Waals surface area contributed by atoms with Crippen LogP contribution in [-0.2, 0) is 20.7 Å². The third kappa shape index (κ3) is 2.92. The number of aromatic amines is 1. The lowest BCUT2D eigenvalue weighted by Gasteiger charge is -2.23. The Hall–Kier alpha value is -3.62. The maximum Gasteiger partial charge on any atom is 0.345 e. The summed E-state index contributed by atoms with van der Waals surface area (Å²) in [5.41, 5.74) is 1.63. The lowest BCUT2D eigenvalue weighted by Crippen LogP contribution is -2.38. The Kier molecular flexibility index (Phi) is 4.11. The Labute approximate surface area is 153 Å². The van der Waals surface area contributed by atoms with Crippen molar-refractivity contribution in [1.82, 2.24) is 14.6 Å². The van der Waals surface area contributed by atoms with Crippen molar-refractivity contribution in [2.24, 2.45) is 0 Å². The second-order valence-corrected chi connectivity index (χ2v) is 5.95. The van der Waals surface area contributed by atoms with Crippen LogP contribution < -0.4 is 5.32 Å². The molecule has 2 N–H and O–H groups in total. The van der Waals surface area contributed by atoms with Gasteiger partial charge in [0.1, 0.15) is 11.4 Å². The highest BCUT2D eigenvalue weighted by atomic mass is 16.5. The van der Waals surface area contributed by atoms with E-state index in [1.54, 1.807) is 37.4 Å². The number of carbonyl (C=O) groups excluding carboxylic acids is 3. The lowest BCUT2D eigenvalue weighted by atomic mass is 9.98. The van der Waals surface area contributed by atoms with Gasteiger partial charge < -0.3 is 14.8 Å². The van der Waals surface area contributed by atoms with Crippen molar-refractivity contribution in [2.75, 3.05) is 11.9 Å². The second kappa shape index (κ2) is 6.60. The molecule has 0 spiro atoms. The number of hydrogen-bond acceptors (Lipinski definition) is 6. The van der Waals surface area contributed by atoms with Gasteiger partial charge in [0, 0.05) is 18.8 Å². The zero-order valence-corrected chi connectivity index (χ0v) is 14.4. The number of hydrogen-bond donors (Lipinski definition) is 2. The predicted octanol–water partition coefficient (Wildman–Crippen LogP) is 1.56. The van der Waals surface area contributed by atoms with Gasteiger partial charge in [0.05, 0.1) is 12.2 Å². The van der Waals surface area contributed by atoms with Crippen LogP contribution >= 0.6 is 0 Å². The van der Waals surface area contributed by atoms with Gasteiger partial charge in [-0.05, 0) is 18.6 Å². The first-order valence-electron chi connectivity index (χ1n) is 8.40. The van der Waals surface area contributed by atoms with Crippen LogP contribution in [0.4, 0.5) is 5.82 Å². The van der Waals surface area contributed by atoms with Crippen molar-refractivity contribution in [1.29, 1.82) is 0 Å². The van der Waals surface area contributed by atoms with E-state index in [9.17, 15) is 14.4 Å². The monoisotopic (exact) mass is 368 g/mol. The Morgan fingerprint density at radius 3 is 3.04 bits per heavy atom. The maximum atomic E-state index is 12.7. The molecule has 0 radical (unpaired) electrons. The quantitative estimate of drug-likeness (QED) is 0.676. The fourth-order valence-corrected chi connectivity index (χ4v) is 3.04. The number of H-pyrrole nitrogens is 1. The summed E-state index contributed by atoms with van der Waals surface area (Å²) in [6, 6.07) is 6.97. The molecule has 4 rings (SSSR count). The molecule has 1 atom stereocenters. The van der Waals surface area contributed by atoms with E-state index >= 15 is 0 Å². The number of carbonyl (C=O) groups is 3. The minimum Gasteiger partial charge on any atom is -0.462 e. The lowest BCUT2D eigenvalue weighted by molar-refractivity contribution is -0.125. The summed E-state index contributed by atoms with van der Waals surface area (Å²) in [6.45, 7) is 1.87. The second-order valence-electron chi connectivity index (χ2n) is 5.95. The molecule has 3 heterocycles. The maximum absolute atomic E-state index is 12.7. The van der Waals surface area contributed by atoms with Crippen molar-refractivity contribution in [3.63, 3.8) is 0 Å². The van der Waals surface area contributed by atoms with E-state index < -0.39 is 23.9 Å². The molecule has 138 valence electrons. The molecule has 1 aromatic carbocycles. The van der Waals surface area contributed by atoms with Gasteiger partial charge in [-0.2, -0.15) is 0 Å². The molecule has 0 unspecified atom stereocenters. The average molecular weight is 368 g/mol. The van der Waals surface area contributed by atoms with E-state index in [1.165, 1.54) is 10.7 Å². The first-order chi connectivity index (χ1) is 13.1. The van der Waals surface area contributed by atoms with Gasteiger partial charge in [-0.3, -0.25) is 9.89 Å². The smallest absolute Gasteiger partial charge is 0.345 e. The summed E-state index contributed by atoms with van der Waals surface area (Å²) in [4.78, 5) is 41.2. The summed E-state index contributed by atoms with van der Waals surface area (Å²) in [7, 11) is 0. The molecule has 2 aromatic heterocycles. The molecule has 0 saturated heterocycles. The standard InChI is InChI=1S/C18H16N4O5/c1-2-26-18(25)13-14(21-22-8-7-19-15(13)22)20-16(23)12-9-10-5-3-4-6-11(10)17(24)27-12/h3-8,12,21H,2,9H2,1H3,(H,20,23)/t12-/m1/s1. The third-order valence-electron chi connectivity index (χ3n) is 4.26. The zero-order chi connectivity index (χ0) is 19.0. The minimum atomic E-state index is -1.00. The van der Waals surface area contributed by atoms with E-state index in [4.69, 9.17) is 9.47 Å². The zero-order valence-electron chi connectivity index (χ0n) is 14.4. The number of fused-ring (bicyclic) bond motifs is 2. The van der Waals surface area contributed by atoms with E-state index in [1.807, 2.05) is 0 Å². The number of aromatic nitrogens is 3. The fraction of sp³-hybridized carbons (Fsp3) is 0.222. The molecule has 27 heavy (non-hydrogen) atoms. The van der Waals surface area contributed by atoms with Crippen LogP contribution in [0.1, 0.15) is 33.2 Å². The van der Waals surface area contributed by atoms with E-state index in [0.29, 0.717) is 11.2 Å². The number of benzene rings is 1. The van der Waals surface area contributed by atoms with E-state index in [-0.39, 0.29) is 24.4 Å². The molecule has 0 fully saturated rings. The van der Waals surface area contributed by atoms with Gasteiger partial charge in [-0.15, -0.1) is 0 Å². The number of nitrogens with zero attached hydrogens (tertiary/aromatic N) is 2. The van der Waals surface area contributed by atoms with Crippen LogP contribution in [0, 0.1) is 0 Å². The van der Waals surface area contributed by atoms with Gasteiger partial charge in [0.15, 0.2) is 11.8 Å². The molecule has 1 aliphatic rings. The largest absolute Gasteiger partial charge is 0.462 e. The van der Waals surface area contributed by atoms with Gasteiger partial charge in [0.2, 0.25) is 0 Å². The molecule has 0 bridgehead atoms. The number of ether oxygens (including phenoxy) is 2. The summed E-state index contributed by atoms with van der Waals surface area (Å²) in [5.74, 6) is -1.58. The van der Waals surface area contributed by atoms with Crippen molar-refractivity contribution in [3.05, 3.63) is 53.3 Å². The summed E-state index contributed by atoms with van der Waals surface area (Å²) < 4.78 is 11.8. The Morgan fingerprint density at radius 1 is 1.41 bits per heavy atom. The number of nitrogens with one attached hydrogen (secondary N) is 2. The molecule has 9 heteroatoms. The Morgan fingerprint density at radius 2 is 2.22 bits per heavy atom. The van der Waals surface area contributed by atoms with Gasteiger partial charge in [-0.1, -0.05) is 18.2 Å².